The van der Waals surface area contributed by atoms with Gasteiger partial charge in [-0.2, -0.15) is 0 Å². The number of carbonyl (C=O) groups excluding carboxylic acids is 1. The molecule has 0 unspecified atom stereocenters. The molecule has 9 nitrogen and oxygen atoms in total. The first-order valence-electron chi connectivity index (χ1n) is 12.5. The molecule has 0 aliphatic heterocycles. The number of rotatable bonds is 8. The Morgan fingerprint density at radius 3 is 2.46 bits per heavy atom. The second-order valence-electron chi connectivity index (χ2n) is 9.85. The monoisotopic (exact) mass is 513 g/mol. The highest BCUT2D eigenvalue weighted by Gasteiger charge is 2.28. The zero-order chi connectivity index (χ0) is 26.1. The predicted octanol–water partition coefficient (Wildman–Crippen LogP) is 4.97. The molecule has 2 aromatic heterocycles. The molecule has 2 fully saturated rings. The zero-order valence-corrected chi connectivity index (χ0v) is 20.4. The number of hydrogen-bond donors (Lipinski definition) is 4. The summed E-state index contributed by atoms with van der Waals surface area (Å²) in [7, 11) is 0. The molecule has 5 rings (SSSR count). The Balaban J connectivity index is 1.43. The van der Waals surface area contributed by atoms with Gasteiger partial charge in [-0.25, -0.2) is 23.5 Å². The Kier molecular flexibility index (Phi) is 6.94. The Labute approximate surface area is 212 Å². The second-order valence-corrected chi connectivity index (χ2v) is 9.85. The van der Waals surface area contributed by atoms with Gasteiger partial charge in [0.25, 0.3) is 12.3 Å². The van der Waals surface area contributed by atoms with Crippen molar-refractivity contribution in [2.75, 3.05) is 6.61 Å². The highest BCUT2D eigenvalue weighted by molar-refractivity contribution is 6.09. The molecule has 0 radical (unpaired) electrons. The maximum atomic E-state index is 13.5. The summed E-state index contributed by atoms with van der Waals surface area (Å²) >= 11 is 0. The van der Waals surface area contributed by atoms with Crippen LogP contribution in [-0.2, 0) is 0 Å². The third kappa shape index (κ3) is 5.50. The minimum Gasteiger partial charge on any atom is -0.493 e. The molecule has 4 N–H and O–H groups in total. The van der Waals surface area contributed by atoms with Crippen LogP contribution in [0.5, 0.6) is 5.75 Å². The van der Waals surface area contributed by atoms with E-state index in [0.717, 1.165) is 12.8 Å². The second kappa shape index (κ2) is 10.3. The van der Waals surface area contributed by atoms with Crippen molar-refractivity contribution in [3.05, 3.63) is 41.3 Å². The van der Waals surface area contributed by atoms with E-state index in [4.69, 9.17) is 9.84 Å². The summed E-state index contributed by atoms with van der Waals surface area (Å²) in [5, 5.41) is 14.5. The molecular formula is C26H29F2N5O4. The van der Waals surface area contributed by atoms with Crippen molar-refractivity contribution in [2.24, 2.45) is 5.92 Å². The van der Waals surface area contributed by atoms with Crippen LogP contribution >= 0.6 is 0 Å². The number of carbonyl (C=O) groups is 2. The van der Waals surface area contributed by atoms with Crippen LogP contribution in [-0.4, -0.2) is 50.7 Å². The molecular weight excluding hydrogens is 484 g/mol. The minimum absolute atomic E-state index is 0.0878. The van der Waals surface area contributed by atoms with E-state index in [1.807, 2.05) is 0 Å². The average Bonchev–Trinajstić information content (AvgIpc) is 3.63. The van der Waals surface area contributed by atoms with E-state index in [9.17, 15) is 18.4 Å². The Morgan fingerprint density at radius 2 is 1.81 bits per heavy atom. The SMILES string of the molecule is Cc1[nH]c2c(-c3cc(C(F)F)ccc3OCC3CC3)ncnc2c1C(=O)NC1CCC(NC(=O)O)CC1. The number of ether oxygens (including phenoxy) is 1. The molecule has 2 heterocycles. The number of nitrogens with one attached hydrogen (secondary N) is 3. The van der Waals surface area contributed by atoms with Crippen molar-refractivity contribution < 1.29 is 28.2 Å². The molecule has 11 heteroatoms. The van der Waals surface area contributed by atoms with E-state index in [1.54, 1.807) is 13.0 Å². The van der Waals surface area contributed by atoms with Gasteiger partial charge in [-0.1, -0.05) is 0 Å². The maximum Gasteiger partial charge on any atom is 0.404 e. The number of halogens is 2. The van der Waals surface area contributed by atoms with Crippen LogP contribution in [0.25, 0.3) is 22.3 Å². The summed E-state index contributed by atoms with van der Waals surface area (Å²) in [4.78, 5) is 36.1. The first kappa shape index (κ1) is 24.9. The normalized spacial score (nSPS) is 19.7. The number of H-pyrrole nitrogens is 1. The largest absolute Gasteiger partial charge is 0.493 e. The quantitative estimate of drug-likeness (QED) is 0.337. The van der Waals surface area contributed by atoms with Gasteiger partial charge in [0, 0.05) is 28.9 Å². The fourth-order valence-corrected chi connectivity index (χ4v) is 4.90. The standard InChI is InChI=1S/C26H29F2N5O4/c1-13-20(25(34)32-16-5-7-17(8-6-16)33-26(35)36)22-23(31-13)21(29-12-30-22)18-10-15(24(27)28)4-9-19(18)37-11-14-2-3-14/h4,9-10,12,14,16-17,24,31,33H,2-3,5-8,11H2,1H3,(H,32,34)(H,35,36). The summed E-state index contributed by atoms with van der Waals surface area (Å²) in [5.74, 6) is 0.641. The third-order valence-corrected chi connectivity index (χ3v) is 7.07. The number of alkyl halides is 2. The molecule has 0 bridgehead atoms. The van der Waals surface area contributed by atoms with Crippen molar-refractivity contribution in [1.82, 2.24) is 25.6 Å². The summed E-state index contributed by atoms with van der Waals surface area (Å²) in [6.45, 7) is 2.27. The minimum atomic E-state index is -2.65. The van der Waals surface area contributed by atoms with E-state index in [-0.39, 0.29) is 23.6 Å². The van der Waals surface area contributed by atoms with Gasteiger partial charge in [-0.05, 0) is 69.6 Å². The Bertz CT molecular complexity index is 1320. The van der Waals surface area contributed by atoms with Crippen molar-refractivity contribution in [1.29, 1.82) is 0 Å². The molecule has 2 aliphatic carbocycles. The van der Waals surface area contributed by atoms with Crippen LogP contribution < -0.4 is 15.4 Å². The van der Waals surface area contributed by atoms with E-state index in [0.29, 0.717) is 77.5 Å². The Hall–Kier alpha value is -3.76. The van der Waals surface area contributed by atoms with Crippen molar-refractivity contribution in [3.8, 4) is 17.0 Å². The smallest absolute Gasteiger partial charge is 0.404 e. The number of benzene rings is 1. The van der Waals surface area contributed by atoms with Crippen molar-refractivity contribution in [2.45, 2.75) is 64.0 Å². The Morgan fingerprint density at radius 1 is 1.11 bits per heavy atom. The van der Waals surface area contributed by atoms with E-state index >= 15 is 0 Å². The van der Waals surface area contributed by atoms with Gasteiger partial charge >= 0.3 is 6.09 Å². The number of nitrogens with zero attached hydrogens (tertiary/aromatic N) is 2. The highest BCUT2D eigenvalue weighted by atomic mass is 19.3. The van der Waals surface area contributed by atoms with E-state index in [1.165, 1.54) is 18.5 Å². The number of hydrogen-bond acceptors (Lipinski definition) is 5. The molecule has 0 spiro atoms. The number of amides is 2. The van der Waals surface area contributed by atoms with Crippen LogP contribution in [0.4, 0.5) is 13.6 Å². The third-order valence-electron chi connectivity index (χ3n) is 7.07. The van der Waals surface area contributed by atoms with E-state index < -0.39 is 12.5 Å². The lowest BCUT2D eigenvalue weighted by Crippen LogP contribution is -2.43. The average molecular weight is 514 g/mol. The predicted molar refractivity (Wildman–Crippen MR) is 132 cm³/mol. The van der Waals surface area contributed by atoms with Gasteiger partial charge in [0.1, 0.15) is 23.3 Å². The topological polar surface area (TPSA) is 129 Å². The molecule has 1 aromatic carbocycles. The van der Waals surface area contributed by atoms with Crippen LogP contribution in [0.3, 0.4) is 0 Å². The van der Waals surface area contributed by atoms with Gasteiger partial charge in [-0.15, -0.1) is 0 Å². The lowest BCUT2D eigenvalue weighted by atomic mass is 9.91. The molecule has 37 heavy (non-hydrogen) atoms. The van der Waals surface area contributed by atoms with Crippen LogP contribution in [0.1, 0.15) is 66.6 Å². The first-order valence-corrected chi connectivity index (χ1v) is 12.5. The molecule has 2 aliphatic rings. The molecule has 2 saturated carbocycles. The number of carboxylic acid groups (broad SMARTS) is 1. The van der Waals surface area contributed by atoms with Gasteiger partial charge < -0.3 is 25.5 Å². The van der Waals surface area contributed by atoms with Crippen molar-refractivity contribution in [3.63, 3.8) is 0 Å². The van der Waals surface area contributed by atoms with Gasteiger partial charge in [0.2, 0.25) is 0 Å². The lowest BCUT2D eigenvalue weighted by Gasteiger charge is -2.28. The lowest BCUT2D eigenvalue weighted by molar-refractivity contribution is 0.0924. The molecule has 2 amide bonds. The van der Waals surface area contributed by atoms with Gasteiger partial charge in [0.15, 0.2) is 0 Å². The number of aromatic amines is 1. The summed E-state index contributed by atoms with van der Waals surface area (Å²) in [6, 6.07) is 4.08. The highest BCUT2D eigenvalue weighted by Crippen LogP contribution is 2.38. The fourth-order valence-electron chi connectivity index (χ4n) is 4.90. The number of aromatic nitrogens is 3. The molecule has 0 saturated heterocycles. The van der Waals surface area contributed by atoms with Crippen molar-refractivity contribution >= 4 is 23.0 Å². The zero-order valence-electron chi connectivity index (χ0n) is 20.4. The van der Waals surface area contributed by atoms with Gasteiger partial charge in [-0.3, -0.25) is 4.79 Å². The van der Waals surface area contributed by atoms with E-state index in [2.05, 4.69) is 25.6 Å². The number of aryl methyl sites for hydroxylation is 1. The van der Waals surface area contributed by atoms with Gasteiger partial charge in [0.05, 0.1) is 17.7 Å². The number of fused-ring (bicyclic) bond motifs is 1. The van der Waals surface area contributed by atoms with Crippen LogP contribution in [0, 0.1) is 12.8 Å². The summed E-state index contributed by atoms with van der Waals surface area (Å²) < 4.78 is 33.1. The molecule has 3 aromatic rings. The van der Waals surface area contributed by atoms with Crippen LogP contribution in [0.15, 0.2) is 24.5 Å². The summed E-state index contributed by atoms with van der Waals surface area (Å²) in [6.07, 6.45) is 2.40. The van der Waals surface area contributed by atoms with Crippen LogP contribution in [0.2, 0.25) is 0 Å². The maximum absolute atomic E-state index is 13.5. The first-order chi connectivity index (χ1) is 17.8. The molecule has 196 valence electrons. The summed E-state index contributed by atoms with van der Waals surface area (Å²) in [5.41, 5.74) is 2.49. The fraction of sp³-hybridized carbons (Fsp3) is 0.462. The molecule has 0 atom stereocenters.